The monoisotopic (exact) mass is 759 g/mol. The number of rotatable bonds is 25. The highest BCUT2D eigenvalue weighted by Gasteiger charge is 2.35. The highest BCUT2D eigenvalue weighted by Crippen LogP contribution is 2.04. The minimum absolute atomic E-state index is 0.676. The van der Waals surface area contributed by atoms with Crippen molar-refractivity contribution >= 4 is 76.9 Å². The van der Waals surface area contributed by atoms with Crippen LogP contribution in [-0.4, -0.2) is 125 Å². The van der Waals surface area contributed by atoms with E-state index in [2.05, 4.69) is 0 Å². The molecule has 0 aromatic rings. The molecule has 294 valence electrons. The molecule has 27 heteroatoms. The van der Waals surface area contributed by atoms with E-state index in [4.69, 9.17) is 45.2 Å². The van der Waals surface area contributed by atoms with Gasteiger partial charge in [0.05, 0.1) is 44.6 Å². The van der Waals surface area contributed by atoms with E-state index in [9.17, 15) is 62.3 Å². The van der Waals surface area contributed by atoms with Gasteiger partial charge in [-0.2, -0.15) is 0 Å². The number of primary amides is 6. The molecule has 12 amide bonds. The zero-order valence-electron chi connectivity index (χ0n) is 27.7. The zero-order valence-corrected chi connectivity index (χ0v) is 27.7. The van der Waals surface area contributed by atoms with Crippen LogP contribution in [0.3, 0.4) is 0 Å². The van der Waals surface area contributed by atoms with Gasteiger partial charge in [0, 0.05) is 0 Å². The fourth-order valence-electron chi connectivity index (χ4n) is 4.02. The zero-order chi connectivity index (χ0) is 41.2. The van der Waals surface area contributed by atoms with Gasteiger partial charge < -0.3 is 77.1 Å². The van der Waals surface area contributed by atoms with Crippen molar-refractivity contribution in [1.82, 2.24) is 31.9 Å². The van der Waals surface area contributed by atoms with E-state index in [0.717, 1.165) is 0 Å². The average molecular weight is 760 g/mol. The van der Waals surface area contributed by atoms with E-state index in [1.165, 1.54) is 0 Å². The van der Waals surface area contributed by atoms with Crippen LogP contribution < -0.4 is 72.0 Å². The average Bonchev–Trinajstić information content (AvgIpc) is 3.00. The van der Waals surface area contributed by atoms with Crippen LogP contribution >= 0.6 is 0 Å². The molecule has 0 rings (SSSR count). The lowest BCUT2D eigenvalue weighted by Crippen LogP contribution is -2.61. The van der Waals surface area contributed by atoms with Crippen LogP contribution in [0.25, 0.3) is 0 Å². The van der Waals surface area contributed by atoms with Gasteiger partial charge in [-0.3, -0.25) is 62.3 Å². The Balaban J connectivity index is 6.29. The molecule has 0 saturated heterocycles. The van der Waals surface area contributed by atoms with Crippen LogP contribution in [0.5, 0.6) is 0 Å². The minimum atomic E-state index is -2.04. The second kappa shape index (κ2) is 22.0. The number of carbonyl (C=O) groups excluding carboxylic acids is 12. The maximum absolute atomic E-state index is 13.2. The van der Waals surface area contributed by atoms with Gasteiger partial charge in [0.2, 0.25) is 70.9 Å². The molecule has 0 unspecified atom stereocenters. The lowest BCUT2D eigenvalue weighted by atomic mass is 10.1. The van der Waals surface area contributed by atoms with Crippen molar-refractivity contribution in [2.24, 2.45) is 40.1 Å². The predicted molar refractivity (Wildman–Crippen MR) is 171 cm³/mol. The van der Waals surface area contributed by atoms with Crippen LogP contribution in [0.4, 0.5) is 0 Å². The first-order chi connectivity index (χ1) is 24.4. The van der Waals surface area contributed by atoms with Crippen molar-refractivity contribution in [3.63, 3.8) is 0 Å². The lowest BCUT2D eigenvalue weighted by molar-refractivity contribution is -0.139. The molecule has 0 aliphatic carbocycles. The first-order valence-electron chi connectivity index (χ1n) is 14.9. The van der Waals surface area contributed by atoms with Gasteiger partial charge in [0.1, 0.15) is 36.8 Å². The number of nitrogens with one attached hydrogen (secondary N) is 6. The standard InChI is InChI=1S/C26H41N13O14/c27-8(1-14(28)40)21(48)35-10(3-16(30)42)23(50)37-12(5-18(32)44)25(52)39-13(6-19(33)45)26(53)38-11(4-17(31)43)24(51)36-9(2-15(29)41)22(49)34-7-20(46)47/h8-13H,1-7,27H2,(H2,28,40)(H2,29,41)(H2,30,42)(H2,31,43)(H2,32,44)(H2,33,45)(H,34,49)(H,35,48)(H,36,51)(H,37,50)(H,38,53)(H,39,52)(H,46,47)/t8-,9-,10-,11-,12-,13-/m0/s1. The van der Waals surface area contributed by atoms with Gasteiger partial charge in [0.15, 0.2) is 0 Å². The summed E-state index contributed by atoms with van der Waals surface area (Å²) in [5.41, 5.74) is 36.2. The number of hydrogen-bond acceptors (Lipinski definition) is 14. The number of nitrogens with two attached hydrogens (primary N) is 7. The first kappa shape index (κ1) is 46.1. The fourth-order valence-corrected chi connectivity index (χ4v) is 4.02. The van der Waals surface area contributed by atoms with Crippen molar-refractivity contribution in [2.75, 3.05) is 6.54 Å². The SMILES string of the molecule is NC(=O)C[C@H](NC(=O)[C@H](CC(N)=O)NC(=O)[C@H](CC(N)=O)NC(=O)[C@H](CC(N)=O)NC(=O)[C@H](CC(N)=O)NC(=O)[C@@H](N)CC(N)=O)C(=O)NCC(=O)O. The van der Waals surface area contributed by atoms with Crippen LogP contribution in [0.15, 0.2) is 0 Å². The van der Waals surface area contributed by atoms with Crippen LogP contribution in [0.1, 0.15) is 38.5 Å². The van der Waals surface area contributed by atoms with Gasteiger partial charge in [0.25, 0.3) is 0 Å². The lowest BCUT2D eigenvalue weighted by Gasteiger charge is -2.26. The molecule has 0 aromatic carbocycles. The maximum atomic E-state index is 13.2. The Labute approximate surface area is 297 Å². The van der Waals surface area contributed by atoms with Crippen molar-refractivity contribution in [1.29, 1.82) is 0 Å². The Morgan fingerprint density at radius 1 is 0.377 bits per heavy atom. The van der Waals surface area contributed by atoms with E-state index >= 15 is 0 Å². The molecule has 0 fully saturated rings. The number of amides is 12. The third-order valence-corrected chi connectivity index (χ3v) is 6.36. The smallest absolute Gasteiger partial charge is 0.322 e. The molecular weight excluding hydrogens is 718 g/mol. The van der Waals surface area contributed by atoms with E-state index in [1.54, 1.807) is 0 Å². The molecule has 0 bridgehead atoms. The summed E-state index contributed by atoms with van der Waals surface area (Å²) in [5, 5.41) is 20.6. The van der Waals surface area contributed by atoms with Gasteiger partial charge in [-0.05, 0) is 0 Å². The largest absolute Gasteiger partial charge is 0.480 e. The third-order valence-electron chi connectivity index (χ3n) is 6.36. The van der Waals surface area contributed by atoms with E-state index < -0.39 is 158 Å². The normalized spacial score (nSPS) is 13.8. The molecular formula is C26H41N13O14. The Morgan fingerprint density at radius 3 is 0.830 bits per heavy atom. The maximum Gasteiger partial charge on any atom is 0.322 e. The third kappa shape index (κ3) is 19.2. The van der Waals surface area contributed by atoms with E-state index in [1.807, 2.05) is 31.9 Å². The number of carbonyl (C=O) groups is 13. The van der Waals surface area contributed by atoms with E-state index in [-0.39, 0.29) is 0 Å². The highest BCUT2D eigenvalue weighted by molar-refractivity contribution is 6.01. The first-order valence-corrected chi connectivity index (χ1v) is 14.9. The molecule has 27 nitrogen and oxygen atoms in total. The fraction of sp³-hybridized carbons (Fsp3) is 0.500. The number of hydrogen-bond donors (Lipinski definition) is 14. The summed E-state index contributed by atoms with van der Waals surface area (Å²) < 4.78 is 0. The van der Waals surface area contributed by atoms with Crippen molar-refractivity contribution in [2.45, 2.75) is 74.8 Å². The van der Waals surface area contributed by atoms with E-state index in [0.29, 0.717) is 0 Å². The molecule has 0 radical (unpaired) electrons. The molecule has 0 heterocycles. The van der Waals surface area contributed by atoms with Crippen molar-refractivity contribution in [3.8, 4) is 0 Å². The van der Waals surface area contributed by atoms with Gasteiger partial charge in [-0.25, -0.2) is 0 Å². The molecule has 0 saturated carbocycles. The van der Waals surface area contributed by atoms with Crippen LogP contribution in [0, 0.1) is 0 Å². The van der Waals surface area contributed by atoms with Gasteiger partial charge in [-0.1, -0.05) is 0 Å². The molecule has 6 atom stereocenters. The van der Waals surface area contributed by atoms with Crippen molar-refractivity contribution in [3.05, 3.63) is 0 Å². The van der Waals surface area contributed by atoms with Gasteiger partial charge >= 0.3 is 5.97 Å². The minimum Gasteiger partial charge on any atom is -0.480 e. The summed E-state index contributed by atoms with van der Waals surface area (Å²) in [7, 11) is 0. The number of carboxylic acid groups (broad SMARTS) is 1. The molecule has 53 heavy (non-hydrogen) atoms. The summed E-state index contributed by atoms with van der Waals surface area (Å²) in [6.45, 7) is -0.942. The van der Waals surface area contributed by atoms with Crippen LogP contribution in [-0.2, 0) is 62.3 Å². The molecule has 21 N–H and O–H groups in total. The number of carboxylic acids is 1. The molecule has 0 aliphatic rings. The second-order valence-electron chi connectivity index (χ2n) is 11.0. The quantitative estimate of drug-likeness (QED) is 0.0411. The highest BCUT2D eigenvalue weighted by atomic mass is 16.4. The summed E-state index contributed by atoms with van der Waals surface area (Å²) in [4.78, 5) is 157. The van der Waals surface area contributed by atoms with Crippen molar-refractivity contribution < 1.29 is 67.4 Å². The Morgan fingerprint density at radius 2 is 0.604 bits per heavy atom. The van der Waals surface area contributed by atoms with Gasteiger partial charge in [-0.15, -0.1) is 0 Å². The summed E-state index contributed by atoms with van der Waals surface area (Å²) in [6, 6.07) is -11.3. The Kier molecular flexibility index (Phi) is 19.1. The topological polar surface area (TPSA) is 496 Å². The summed E-state index contributed by atoms with van der Waals surface area (Å²) in [6.07, 6.45) is -5.48. The second-order valence-corrected chi connectivity index (χ2v) is 11.0. The molecule has 0 spiro atoms. The Hall–Kier alpha value is -6.93. The summed E-state index contributed by atoms with van der Waals surface area (Å²) >= 11 is 0. The van der Waals surface area contributed by atoms with Crippen LogP contribution in [0.2, 0.25) is 0 Å². The molecule has 0 aromatic heterocycles. The Bertz CT molecular complexity index is 1500. The predicted octanol–water partition coefficient (Wildman–Crippen LogP) is -10.8. The molecule has 0 aliphatic heterocycles. The number of aliphatic carboxylic acids is 1. The summed E-state index contributed by atoms with van der Waals surface area (Å²) in [5.74, 6) is -16.4.